The second kappa shape index (κ2) is 10.4. The van der Waals surface area contributed by atoms with Crippen LogP contribution in [0.3, 0.4) is 0 Å². The predicted octanol–water partition coefficient (Wildman–Crippen LogP) is 6.80. The number of aromatic nitrogens is 2. The van der Waals surface area contributed by atoms with Gasteiger partial charge >= 0.3 is 6.18 Å². The van der Waals surface area contributed by atoms with E-state index in [2.05, 4.69) is 34.4 Å². The summed E-state index contributed by atoms with van der Waals surface area (Å²) in [5.74, 6) is 1.16. The molecule has 0 aliphatic heterocycles. The van der Waals surface area contributed by atoms with Crippen molar-refractivity contribution in [2.75, 3.05) is 17.2 Å². The lowest BCUT2D eigenvalue weighted by Gasteiger charge is -2.18. The summed E-state index contributed by atoms with van der Waals surface area (Å²) in [7, 11) is 0. The van der Waals surface area contributed by atoms with E-state index in [4.69, 9.17) is 9.47 Å². The molecule has 0 fully saturated rings. The van der Waals surface area contributed by atoms with E-state index in [0.29, 0.717) is 35.4 Å². The van der Waals surface area contributed by atoms with E-state index in [1.807, 2.05) is 13.8 Å². The Balaban J connectivity index is 1.85. The summed E-state index contributed by atoms with van der Waals surface area (Å²) in [4.78, 5) is 7.94. The molecule has 0 saturated carbocycles. The number of ether oxygens (including phenoxy) is 2. The van der Waals surface area contributed by atoms with Crippen molar-refractivity contribution in [2.45, 2.75) is 40.0 Å². The third-order valence-corrected chi connectivity index (χ3v) is 4.29. The van der Waals surface area contributed by atoms with Crippen LogP contribution < -0.4 is 20.1 Å². The van der Waals surface area contributed by atoms with Crippen LogP contribution in [0.25, 0.3) is 0 Å². The maximum atomic E-state index is 13.6. The Morgan fingerprint density at radius 3 is 2.27 bits per heavy atom. The average Bonchev–Trinajstić information content (AvgIpc) is 2.73. The van der Waals surface area contributed by atoms with Gasteiger partial charge in [-0.2, -0.15) is 18.2 Å². The molecule has 1 aromatic heterocycles. The largest absolute Gasteiger partial charge is 0.493 e. The molecule has 2 N–H and O–H groups in total. The van der Waals surface area contributed by atoms with Gasteiger partial charge in [-0.3, -0.25) is 0 Å². The maximum absolute atomic E-state index is 13.6. The minimum Gasteiger partial charge on any atom is -0.493 e. The van der Waals surface area contributed by atoms with E-state index in [0.717, 1.165) is 6.20 Å². The van der Waals surface area contributed by atoms with Crippen molar-refractivity contribution in [3.8, 4) is 11.5 Å². The van der Waals surface area contributed by atoms with Crippen molar-refractivity contribution < 1.29 is 22.6 Å². The number of para-hydroxylation sites is 2. The van der Waals surface area contributed by atoms with Crippen molar-refractivity contribution in [1.82, 2.24) is 9.97 Å². The lowest BCUT2D eigenvalue weighted by Crippen LogP contribution is -2.13. The molecule has 33 heavy (non-hydrogen) atoms. The van der Waals surface area contributed by atoms with Gasteiger partial charge in [0.15, 0.2) is 0 Å². The highest BCUT2D eigenvalue weighted by Gasteiger charge is 2.35. The molecule has 9 heteroatoms. The highest BCUT2D eigenvalue weighted by Crippen LogP contribution is 2.37. The summed E-state index contributed by atoms with van der Waals surface area (Å²) < 4.78 is 52.2. The Labute approximate surface area is 191 Å². The van der Waals surface area contributed by atoms with Gasteiger partial charge in [0.2, 0.25) is 5.95 Å². The summed E-state index contributed by atoms with van der Waals surface area (Å²) in [6, 6.07) is 13.8. The highest BCUT2D eigenvalue weighted by molar-refractivity contribution is 5.67. The Morgan fingerprint density at radius 1 is 0.939 bits per heavy atom. The SMILES string of the molecule is CC(C)COc1ccc(Nc2ncc(C(F)(F)F)c(Nc3ccccc3OC(C)C)n2)cc1. The molecular weight excluding hydrogens is 433 g/mol. The first-order valence-electron chi connectivity index (χ1n) is 10.6. The van der Waals surface area contributed by atoms with Gasteiger partial charge in [0.05, 0.1) is 18.4 Å². The topological polar surface area (TPSA) is 68.3 Å². The van der Waals surface area contributed by atoms with Gasteiger partial charge in [-0.05, 0) is 56.2 Å². The smallest absolute Gasteiger partial charge is 0.421 e. The molecule has 176 valence electrons. The van der Waals surface area contributed by atoms with Crippen LogP contribution in [-0.4, -0.2) is 22.7 Å². The van der Waals surface area contributed by atoms with E-state index >= 15 is 0 Å². The first kappa shape index (κ1) is 24.2. The van der Waals surface area contributed by atoms with Crippen LogP contribution >= 0.6 is 0 Å². The van der Waals surface area contributed by atoms with Crippen molar-refractivity contribution >= 4 is 23.1 Å². The van der Waals surface area contributed by atoms with Crippen LogP contribution in [-0.2, 0) is 6.18 Å². The molecule has 6 nitrogen and oxygen atoms in total. The third kappa shape index (κ3) is 7.00. The maximum Gasteiger partial charge on any atom is 0.421 e. The monoisotopic (exact) mass is 460 g/mol. The van der Waals surface area contributed by atoms with Crippen molar-refractivity contribution in [2.24, 2.45) is 5.92 Å². The van der Waals surface area contributed by atoms with E-state index in [-0.39, 0.29) is 17.9 Å². The molecule has 0 saturated heterocycles. The van der Waals surface area contributed by atoms with E-state index in [1.165, 1.54) is 0 Å². The Kier molecular flexibility index (Phi) is 7.63. The van der Waals surface area contributed by atoms with Gasteiger partial charge in [-0.15, -0.1) is 0 Å². The van der Waals surface area contributed by atoms with Gasteiger partial charge in [0, 0.05) is 11.9 Å². The number of nitrogens with one attached hydrogen (secondary N) is 2. The van der Waals surface area contributed by atoms with Gasteiger partial charge in [0.25, 0.3) is 0 Å². The molecule has 3 rings (SSSR count). The number of alkyl halides is 3. The molecule has 0 atom stereocenters. The first-order chi connectivity index (χ1) is 15.6. The van der Waals surface area contributed by atoms with Gasteiger partial charge in [-0.25, -0.2) is 4.98 Å². The minimum atomic E-state index is -4.63. The summed E-state index contributed by atoms with van der Waals surface area (Å²) in [6.45, 7) is 8.37. The Morgan fingerprint density at radius 2 is 1.64 bits per heavy atom. The molecule has 0 unspecified atom stereocenters. The number of hydrogen-bond acceptors (Lipinski definition) is 6. The van der Waals surface area contributed by atoms with Crippen LogP contribution in [0.5, 0.6) is 11.5 Å². The average molecular weight is 461 g/mol. The summed E-state index contributed by atoms with van der Waals surface area (Å²) >= 11 is 0. The molecule has 0 bridgehead atoms. The van der Waals surface area contributed by atoms with Crippen LogP contribution in [0.1, 0.15) is 33.3 Å². The lowest BCUT2D eigenvalue weighted by molar-refractivity contribution is -0.137. The molecule has 3 aromatic rings. The normalized spacial score (nSPS) is 11.5. The number of anilines is 4. The van der Waals surface area contributed by atoms with E-state index in [1.54, 1.807) is 48.5 Å². The Bertz CT molecular complexity index is 1050. The fourth-order valence-electron chi connectivity index (χ4n) is 2.83. The molecule has 0 amide bonds. The van der Waals surface area contributed by atoms with Gasteiger partial charge in [0.1, 0.15) is 22.9 Å². The molecule has 0 aliphatic carbocycles. The molecule has 0 radical (unpaired) electrons. The zero-order valence-electron chi connectivity index (χ0n) is 18.9. The zero-order chi connectivity index (χ0) is 24.0. The Hall–Kier alpha value is -3.49. The minimum absolute atomic E-state index is 0.0172. The highest BCUT2D eigenvalue weighted by atomic mass is 19.4. The number of rotatable bonds is 9. The molecular formula is C24H27F3N4O2. The summed E-state index contributed by atoms with van der Waals surface area (Å²) in [6.07, 6.45) is -4.03. The predicted molar refractivity (Wildman–Crippen MR) is 123 cm³/mol. The molecule has 0 aliphatic rings. The zero-order valence-corrected chi connectivity index (χ0v) is 18.9. The van der Waals surface area contributed by atoms with Crippen molar-refractivity contribution in [3.63, 3.8) is 0 Å². The second-order valence-corrected chi connectivity index (χ2v) is 8.10. The number of hydrogen-bond donors (Lipinski definition) is 2. The molecule has 1 heterocycles. The third-order valence-electron chi connectivity index (χ3n) is 4.29. The fourth-order valence-corrected chi connectivity index (χ4v) is 2.83. The van der Waals surface area contributed by atoms with Crippen molar-refractivity contribution in [3.05, 3.63) is 60.3 Å². The van der Waals surface area contributed by atoms with Crippen LogP contribution in [0.4, 0.5) is 36.3 Å². The summed E-state index contributed by atoms with van der Waals surface area (Å²) in [5, 5.41) is 5.69. The van der Waals surface area contributed by atoms with E-state index < -0.39 is 11.7 Å². The van der Waals surface area contributed by atoms with Crippen LogP contribution in [0.2, 0.25) is 0 Å². The number of benzene rings is 2. The quantitative estimate of drug-likeness (QED) is 0.366. The van der Waals surface area contributed by atoms with Crippen LogP contribution in [0.15, 0.2) is 54.7 Å². The first-order valence-corrected chi connectivity index (χ1v) is 10.6. The van der Waals surface area contributed by atoms with Crippen molar-refractivity contribution in [1.29, 1.82) is 0 Å². The molecule has 0 spiro atoms. The standard InChI is InChI=1S/C24H27F3N4O2/c1-15(2)14-32-18-11-9-17(10-12-18)29-23-28-13-19(24(25,26)27)22(31-23)30-20-7-5-6-8-21(20)33-16(3)4/h5-13,15-16H,14H2,1-4H3,(H2,28,29,30,31). The lowest BCUT2D eigenvalue weighted by atomic mass is 10.2. The fraction of sp³-hybridized carbons (Fsp3) is 0.333. The van der Waals surface area contributed by atoms with Gasteiger partial charge in [-0.1, -0.05) is 26.0 Å². The summed E-state index contributed by atoms with van der Waals surface area (Å²) in [5.41, 5.74) is -0.000940. The number of halogens is 3. The molecule has 2 aromatic carbocycles. The number of nitrogens with zero attached hydrogens (tertiary/aromatic N) is 2. The second-order valence-electron chi connectivity index (χ2n) is 8.10. The van der Waals surface area contributed by atoms with Crippen LogP contribution in [0, 0.1) is 5.92 Å². The van der Waals surface area contributed by atoms with Gasteiger partial charge < -0.3 is 20.1 Å². The van der Waals surface area contributed by atoms with E-state index in [9.17, 15) is 13.2 Å².